The van der Waals surface area contributed by atoms with Crippen LogP contribution in [0.4, 0.5) is 4.79 Å². The minimum Gasteiger partial charge on any atom is -0.289 e. The van der Waals surface area contributed by atoms with Crippen LogP contribution in [0.1, 0.15) is 15.9 Å². The molecule has 0 saturated carbocycles. The zero-order valence-corrected chi connectivity index (χ0v) is 9.84. The van der Waals surface area contributed by atoms with E-state index in [1.54, 1.807) is 12.1 Å². The molecular formula is C12H9NO3S. The molecule has 0 unspecified atom stereocenters. The van der Waals surface area contributed by atoms with Gasteiger partial charge in [-0.15, -0.1) is 0 Å². The Hall–Kier alpha value is -1.88. The summed E-state index contributed by atoms with van der Waals surface area (Å²) in [5.74, 6) is -0.794. The average molecular weight is 247 g/mol. The molecule has 1 N–H and O–H groups in total. The van der Waals surface area contributed by atoms with E-state index in [0.717, 1.165) is 17.3 Å². The number of imide groups is 1. The number of carbonyl (C=O) groups is 3. The van der Waals surface area contributed by atoms with Crippen molar-refractivity contribution < 1.29 is 14.4 Å². The van der Waals surface area contributed by atoms with E-state index in [2.05, 4.69) is 5.32 Å². The molecule has 1 aromatic carbocycles. The van der Waals surface area contributed by atoms with Crippen molar-refractivity contribution in [2.45, 2.75) is 6.92 Å². The zero-order valence-electron chi connectivity index (χ0n) is 9.02. The number of carbonyl (C=O) groups excluding carboxylic acids is 3. The maximum Gasteiger partial charge on any atom is 0.290 e. The second kappa shape index (κ2) is 4.55. The van der Waals surface area contributed by atoms with Gasteiger partial charge >= 0.3 is 0 Å². The first-order chi connectivity index (χ1) is 8.06. The summed E-state index contributed by atoms with van der Waals surface area (Å²) in [5.41, 5.74) is 1.55. The van der Waals surface area contributed by atoms with Gasteiger partial charge < -0.3 is 0 Å². The normalized spacial score (nSPS) is 17.4. The van der Waals surface area contributed by atoms with E-state index in [9.17, 15) is 14.4 Å². The highest BCUT2D eigenvalue weighted by Crippen LogP contribution is 2.23. The van der Waals surface area contributed by atoms with E-state index >= 15 is 0 Å². The minimum atomic E-state index is -0.513. The largest absolute Gasteiger partial charge is 0.290 e. The van der Waals surface area contributed by atoms with Crippen molar-refractivity contribution in [3.63, 3.8) is 0 Å². The summed E-state index contributed by atoms with van der Waals surface area (Å²) in [6.45, 7) is 1.92. The number of ketones is 1. The molecule has 0 aliphatic carbocycles. The maximum atomic E-state index is 11.8. The van der Waals surface area contributed by atoms with Gasteiger partial charge in [0.25, 0.3) is 11.1 Å². The number of amides is 2. The van der Waals surface area contributed by atoms with Crippen molar-refractivity contribution in [2.24, 2.45) is 0 Å². The summed E-state index contributed by atoms with van der Waals surface area (Å²) in [6, 6.07) is 7.01. The van der Waals surface area contributed by atoms with Gasteiger partial charge in [0.05, 0.1) is 4.91 Å². The molecular weight excluding hydrogens is 238 g/mol. The third kappa shape index (κ3) is 2.62. The molecule has 0 radical (unpaired) electrons. The molecule has 0 atom stereocenters. The van der Waals surface area contributed by atoms with Crippen LogP contribution >= 0.6 is 11.8 Å². The quantitative estimate of drug-likeness (QED) is 0.641. The number of nitrogens with one attached hydrogen (secondary N) is 1. The molecule has 1 fully saturated rings. The van der Waals surface area contributed by atoms with Crippen LogP contribution in [-0.2, 0) is 4.79 Å². The molecule has 1 aliphatic rings. The third-order valence-corrected chi connectivity index (χ3v) is 3.05. The zero-order chi connectivity index (χ0) is 12.4. The number of thioether (sulfide) groups is 1. The summed E-state index contributed by atoms with van der Waals surface area (Å²) >= 11 is 0.741. The fourth-order valence-corrected chi connectivity index (χ4v) is 1.99. The second-order valence-corrected chi connectivity index (χ2v) is 4.60. The molecule has 1 aromatic rings. The monoisotopic (exact) mass is 247 g/mol. The Bertz CT molecular complexity index is 531. The van der Waals surface area contributed by atoms with Gasteiger partial charge in [-0.1, -0.05) is 29.8 Å². The maximum absolute atomic E-state index is 11.8. The highest BCUT2D eigenvalue weighted by atomic mass is 32.2. The lowest BCUT2D eigenvalue weighted by Crippen LogP contribution is -2.18. The molecule has 0 bridgehead atoms. The van der Waals surface area contributed by atoms with Gasteiger partial charge in [0.2, 0.25) is 0 Å². The summed E-state index contributed by atoms with van der Waals surface area (Å²) < 4.78 is 0. The number of rotatable bonds is 2. The van der Waals surface area contributed by atoms with Crippen molar-refractivity contribution in [1.82, 2.24) is 5.32 Å². The van der Waals surface area contributed by atoms with Gasteiger partial charge in [-0.3, -0.25) is 19.7 Å². The molecule has 0 aromatic heterocycles. The van der Waals surface area contributed by atoms with Crippen LogP contribution in [0.2, 0.25) is 0 Å². The smallest absolute Gasteiger partial charge is 0.289 e. The van der Waals surface area contributed by atoms with Crippen LogP contribution in [0.15, 0.2) is 35.2 Å². The minimum absolute atomic E-state index is 0.139. The first kappa shape index (κ1) is 11.6. The van der Waals surface area contributed by atoms with E-state index in [0.29, 0.717) is 5.56 Å². The molecule has 1 heterocycles. The van der Waals surface area contributed by atoms with Crippen molar-refractivity contribution in [3.8, 4) is 0 Å². The van der Waals surface area contributed by atoms with Crippen molar-refractivity contribution in [3.05, 3.63) is 46.4 Å². The van der Waals surface area contributed by atoms with E-state index in [1.807, 2.05) is 19.1 Å². The van der Waals surface area contributed by atoms with E-state index < -0.39 is 11.1 Å². The summed E-state index contributed by atoms with van der Waals surface area (Å²) in [6.07, 6.45) is 1.19. The predicted molar refractivity (Wildman–Crippen MR) is 64.7 cm³/mol. The molecule has 4 nitrogen and oxygen atoms in total. The Morgan fingerprint density at radius 2 is 1.88 bits per heavy atom. The average Bonchev–Trinajstić information content (AvgIpc) is 2.58. The van der Waals surface area contributed by atoms with Gasteiger partial charge in [0.1, 0.15) is 0 Å². The molecule has 1 aliphatic heterocycles. The Morgan fingerprint density at radius 3 is 2.41 bits per heavy atom. The lowest BCUT2D eigenvalue weighted by molar-refractivity contribution is -0.115. The summed E-state index contributed by atoms with van der Waals surface area (Å²) in [7, 11) is 0. The van der Waals surface area contributed by atoms with Crippen LogP contribution in [0, 0.1) is 6.92 Å². The van der Waals surface area contributed by atoms with Crippen molar-refractivity contribution in [1.29, 1.82) is 0 Å². The highest BCUT2D eigenvalue weighted by molar-refractivity contribution is 8.18. The first-order valence-electron chi connectivity index (χ1n) is 4.92. The van der Waals surface area contributed by atoms with E-state index in [1.165, 1.54) is 6.08 Å². The van der Waals surface area contributed by atoms with E-state index in [4.69, 9.17) is 0 Å². The number of hydrogen-bond acceptors (Lipinski definition) is 4. The predicted octanol–water partition coefficient (Wildman–Crippen LogP) is 2.04. The molecule has 17 heavy (non-hydrogen) atoms. The Balaban J connectivity index is 2.22. The number of benzene rings is 1. The van der Waals surface area contributed by atoms with Crippen LogP contribution in [0.3, 0.4) is 0 Å². The number of hydrogen-bond donors (Lipinski definition) is 1. The SMILES string of the molecule is Cc1ccc(C(=O)C=C2SC(=O)NC2=O)cc1. The molecule has 1 saturated heterocycles. The Morgan fingerprint density at radius 1 is 1.24 bits per heavy atom. The molecule has 0 spiro atoms. The molecule has 5 heteroatoms. The van der Waals surface area contributed by atoms with Crippen LogP contribution < -0.4 is 5.32 Å². The third-order valence-electron chi connectivity index (χ3n) is 2.24. The van der Waals surface area contributed by atoms with Crippen LogP contribution in [-0.4, -0.2) is 16.9 Å². The first-order valence-corrected chi connectivity index (χ1v) is 5.74. The van der Waals surface area contributed by atoms with Crippen molar-refractivity contribution in [2.75, 3.05) is 0 Å². The van der Waals surface area contributed by atoms with Gasteiger partial charge in [-0.05, 0) is 18.7 Å². The fourth-order valence-electron chi connectivity index (χ4n) is 1.34. The Kier molecular flexibility index (Phi) is 3.10. The highest BCUT2D eigenvalue weighted by Gasteiger charge is 2.25. The Labute approximate surface area is 102 Å². The summed E-state index contributed by atoms with van der Waals surface area (Å²) in [4.78, 5) is 34.1. The number of allylic oxidation sites excluding steroid dienone is 1. The van der Waals surface area contributed by atoms with Gasteiger partial charge in [-0.25, -0.2) is 0 Å². The van der Waals surface area contributed by atoms with Crippen LogP contribution in [0.5, 0.6) is 0 Å². The van der Waals surface area contributed by atoms with Crippen LogP contribution in [0.25, 0.3) is 0 Å². The number of aryl methyl sites for hydroxylation is 1. The second-order valence-electron chi connectivity index (χ2n) is 3.58. The molecule has 2 rings (SSSR count). The molecule has 86 valence electrons. The fraction of sp³-hybridized carbons (Fsp3) is 0.0833. The molecule has 2 amide bonds. The van der Waals surface area contributed by atoms with Gasteiger partial charge in [0, 0.05) is 11.6 Å². The lowest BCUT2D eigenvalue weighted by atomic mass is 10.1. The standard InChI is InChI=1S/C12H9NO3S/c1-7-2-4-8(5-3-7)9(14)6-10-11(15)13-12(16)17-10/h2-6H,1H3,(H,13,15,16). The lowest BCUT2D eigenvalue weighted by Gasteiger charge is -1.97. The summed E-state index contributed by atoms with van der Waals surface area (Å²) in [5, 5.41) is 1.65. The topological polar surface area (TPSA) is 63.2 Å². The van der Waals surface area contributed by atoms with Gasteiger partial charge in [-0.2, -0.15) is 0 Å². The van der Waals surface area contributed by atoms with Gasteiger partial charge in [0.15, 0.2) is 5.78 Å². The van der Waals surface area contributed by atoms with Crippen molar-refractivity contribution >= 4 is 28.7 Å². The van der Waals surface area contributed by atoms with E-state index in [-0.39, 0.29) is 10.7 Å².